The van der Waals surface area contributed by atoms with Gasteiger partial charge in [-0.2, -0.15) is 49.6 Å². The molecular formula is C43H39ClF10N7O10PS2. The molecule has 0 bridgehead atoms. The highest BCUT2D eigenvalue weighted by Gasteiger charge is 2.68. The summed E-state index contributed by atoms with van der Waals surface area (Å²) in [5.41, 5.74) is -6.21. The lowest BCUT2D eigenvalue weighted by Crippen LogP contribution is -2.36. The number of aromatic nitrogens is 5. The molecule has 0 radical (unpaired) electrons. The van der Waals surface area contributed by atoms with Gasteiger partial charge in [-0.3, -0.25) is 23.5 Å². The number of halogens is 11. The first-order valence-electron chi connectivity index (χ1n) is 21.4. The van der Waals surface area contributed by atoms with Gasteiger partial charge in [-0.1, -0.05) is 23.6 Å². The van der Waals surface area contributed by atoms with Crippen molar-refractivity contribution in [3.05, 3.63) is 93.0 Å². The van der Waals surface area contributed by atoms with Crippen LogP contribution >= 0.6 is 19.4 Å². The highest BCUT2D eigenvalue weighted by molar-refractivity contribution is 7.93. The van der Waals surface area contributed by atoms with E-state index in [4.69, 9.17) is 21.4 Å². The van der Waals surface area contributed by atoms with Crippen LogP contribution in [0.3, 0.4) is 0 Å². The lowest BCUT2D eigenvalue weighted by molar-refractivity contribution is -0.143. The molecule has 0 spiro atoms. The van der Waals surface area contributed by atoms with Crippen molar-refractivity contribution in [2.45, 2.75) is 87.6 Å². The number of anilines is 1. The zero-order chi connectivity index (χ0) is 55.1. The van der Waals surface area contributed by atoms with Gasteiger partial charge in [0.25, 0.3) is 5.92 Å². The maximum Gasteiger partial charge on any atom is 0.469 e. The first kappa shape index (κ1) is 56.1. The third-order valence-electron chi connectivity index (χ3n) is 11.9. The second-order valence-electron chi connectivity index (χ2n) is 17.9. The first-order chi connectivity index (χ1) is 33.9. The van der Waals surface area contributed by atoms with E-state index < -0.39 is 181 Å². The summed E-state index contributed by atoms with van der Waals surface area (Å²) in [7, 11) is -13.9. The Morgan fingerprint density at radius 1 is 0.986 bits per heavy atom. The summed E-state index contributed by atoms with van der Waals surface area (Å²) < 4.78 is 213. The van der Waals surface area contributed by atoms with E-state index in [0.29, 0.717) is 12.3 Å². The molecule has 0 saturated heterocycles. The predicted octanol–water partition coefficient (Wildman–Crippen LogP) is 7.47. The van der Waals surface area contributed by atoms with E-state index in [0.717, 1.165) is 42.7 Å². The van der Waals surface area contributed by atoms with Gasteiger partial charge in [0.05, 0.1) is 40.5 Å². The maximum atomic E-state index is 15.6. The molecule has 5 aromatic rings. The number of sulfonamides is 1. The van der Waals surface area contributed by atoms with Crippen LogP contribution in [0.1, 0.15) is 79.0 Å². The molecule has 1 fully saturated rings. The Labute approximate surface area is 418 Å². The molecule has 17 nitrogen and oxygen atoms in total. The highest BCUT2D eigenvalue weighted by Crippen LogP contribution is 2.68. The summed E-state index contributed by atoms with van der Waals surface area (Å²) in [5.74, 6) is -7.66. The average Bonchev–Trinajstić information content (AvgIpc) is 3.75. The van der Waals surface area contributed by atoms with Crippen molar-refractivity contribution in [2.24, 2.45) is 5.92 Å². The van der Waals surface area contributed by atoms with Crippen molar-refractivity contribution >= 4 is 67.8 Å². The van der Waals surface area contributed by atoms with E-state index in [-0.39, 0.29) is 36.9 Å². The van der Waals surface area contributed by atoms with Crippen molar-refractivity contribution in [1.82, 2.24) is 29.9 Å². The van der Waals surface area contributed by atoms with Gasteiger partial charge in [0.1, 0.15) is 40.9 Å². The van der Waals surface area contributed by atoms with Gasteiger partial charge in [-0.05, 0) is 80.8 Å². The molecule has 400 valence electrons. The number of alkyl halides is 8. The quantitative estimate of drug-likeness (QED) is 0.0377. The summed E-state index contributed by atoms with van der Waals surface area (Å²) in [6.07, 6.45) is -11.5. The number of nitrogens with zero attached hydrogens (tertiary/aromatic N) is 6. The summed E-state index contributed by atoms with van der Waals surface area (Å²) in [6, 6.07) is 4.50. The molecule has 3 N–H and O–H groups in total. The lowest BCUT2D eigenvalue weighted by atomic mass is 9.93. The number of hydrogen-bond donors (Lipinski definition) is 3. The minimum absolute atomic E-state index is 0.0124. The minimum Gasteiger partial charge on any atom is -0.346 e. The molecule has 1 saturated carbocycles. The van der Waals surface area contributed by atoms with E-state index in [1.54, 1.807) is 0 Å². The van der Waals surface area contributed by atoms with Crippen LogP contribution in [0.5, 0.6) is 0 Å². The third kappa shape index (κ3) is 11.9. The van der Waals surface area contributed by atoms with Gasteiger partial charge in [-0.25, -0.2) is 35.2 Å². The minimum atomic E-state index is -5.24. The van der Waals surface area contributed by atoms with Gasteiger partial charge in [-0.15, -0.1) is 0 Å². The number of amides is 2. The molecule has 3 aromatic heterocycles. The number of nitrogens with one attached hydrogen (secondary N) is 1. The second-order valence-corrected chi connectivity index (χ2v) is 23.9. The molecule has 2 amide bonds. The molecule has 7 rings (SSSR count). The third-order valence-corrected chi connectivity index (χ3v) is 15.7. The molecule has 3 atom stereocenters. The summed E-state index contributed by atoms with van der Waals surface area (Å²) >= 11 is 6.60. The maximum absolute atomic E-state index is 15.6. The molecule has 31 heteroatoms. The molecule has 0 aliphatic heterocycles. The van der Waals surface area contributed by atoms with E-state index in [9.17, 15) is 66.1 Å². The Morgan fingerprint density at radius 3 is 2.20 bits per heavy atom. The molecule has 2 aliphatic rings. The molecule has 1 unspecified atom stereocenters. The number of benzene rings is 2. The zero-order valence-corrected chi connectivity index (χ0v) is 41.8. The predicted molar refractivity (Wildman–Crippen MR) is 242 cm³/mol. The first-order valence-corrected chi connectivity index (χ1v) is 27.1. The van der Waals surface area contributed by atoms with Crippen LogP contribution in [-0.4, -0.2) is 93.0 Å². The largest absolute Gasteiger partial charge is 0.469 e. The molecule has 3 heterocycles. The normalized spacial score (nSPS) is 17.1. The molecular weight excluding hydrogens is 1100 g/mol. The number of phosphoric acid groups is 1. The van der Waals surface area contributed by atoms with E-state index in [1.165, 1.54) is 13.8 Å². The number of pyridine rings is 1. The van der Waals surface area contributed by atoms with Crippen molar-refractivity contribution < 1.29 is 89.2 Å². The van der Waals surface area contributed by atoms with Gasteiger partial charge in [0.2, 0.25) is 21.8 Å². The number of hydrogen-bond acceptors (Lipinski definition) is 11. The van der Waals surface area contributed by atoms with Gasteiger partial charge in [0.15, 0.2) is 21.3 Å². The SMILES string of the molecule is CC(C)(C#Cc1ccc(-c2ccc(Cl)c3c(N(C(=O)CCCOP(=O)(O)O)S(C)(=O)=O)nn(CC(F)(F)F)c23)c([C@H](Cc2cc(F)cc(F)c2)NC(=O)Cn2nc(C(F)(F)F)c3c2C(F)(F)C2C[C@H]32)n1)S(C)(=O)=O. The number of fused-ring (bicyclic) bond motifs is 4. The van der Waals surface area contributed by atoms with Crippen molar-refractivity contribution in [3.8, 4) is 23.0 Å². The monoisotopic (exact) mass is 1130 g/mol. The fourth-order valence-corrected chi connectivity index (χ4v) is 10.1. The van der Waals surface area contributed by atoms with Crippen molar-refractivity contribution in [3.63, 3.8) is 0 Å². The Balaban J connectivity index is 1.46. The summed E-state index contributed by atoms with van der Waals surface area (Å²) in [5, 5.41) is 8.45. The second kappa shape index (κ2) is 19.5. The number of carbonyl (C=O) groups is 2. The number of rotatable bonds is 16. The van der Waals surface area contributed by atoms with Crippen molar-refractivity contribution in [1.29, 1.82) is 0 Å². The molecule has 2 aromatic carbocycles. The van der Waals surface area contributed by atoms with Crippen LogP contribution < -0.4 is 9.62 Å². The summed E-state index contributed by atoms with van der Waals surface area (Å²) in [6.45, 7) is -1.73. The zero-order valence-electron chi connectivity index (χ0n) is 38.5. The van der Waals surface area contributed by atoms with Crippen LogP contribution in [0.2, 0.25) is 5.02 Å². The Morgan fingerprint density at radius 2 is 1.62 bits per heavy atom. The number of sulfone groups is 1. The number of phosphoric ester groups is 1. The van der Waals surface area contributed by atoms with E-state index in [1.807, 2.05) is 0 Å². The molecule has 74 heavy (non-hydrogen) atoms. The van der Waals surface area contributed by atoms with Crippen LogP contribution in [0.25, 0.3) is 22.0 Å². The van der Waals surface area contributed by atoms with Crippen LogP contribution in [0.15, 0.2) is 42.5 Å². The van der Waals surface area contributed by atoms with Crippen molar-refractivity contribution in [2.75, 3.05) is 23.4 Å². The van der Waals surface area contributed by atoms with Crippen LogP contribution in [-0.2, 0) is 70.1 Å². The fraction of sp³-hybridized carbons (Fsp3) is 0.419. The standard InChI is InChI=1S/C43H39ClF10N7O10PS2/c1-40(2,73(3,67)68)12-11-24-7-8-25(26-9-10-29(44)34-36(26)60(20-41(47,48)49)58-39(34)61(74(4,69)70)32(63)6-5-13-71-72(64,65)66)35(55-24)30(16-21-14-22(45)17-23(46)15-21)56-31(62)19-59-38-33(37(57-59)43(52,53)54)27-18-28(27)42(38,50)51/h7-10,14-15,17,27-28,30H,5-6,13,16,18-20H2,1-4H3,(H,56,62)(H2,64,65,66)/t27-,28?,30-/m0/s1. The van der Waals surface area contributed by atoms with Gasteiger partial charge in [0, 0.05) is 41.4 Å². The summed E-state index contributed by atoms with van der Waals surface area (Å²) in [4.78, 5) is 50.4. The highest BCUT2D eigenvalue weighted by atomic mass is 35.5. The van der Waals surface area contributed by atoms with Crippen LogP contribution in [0, 0.1) is 29.4 Å². The Bertz CT molecular complexity index is 3440. The molecule has 2 aliphatic carbocycles. The lowest BCUT2D eigenvalue weighted by Gasteiger charge is -2.23. The van der Waals surface area contributed by atoms with E-state index >= 15 is 8.78 Å². The smallest absolute Gasteiger partial charge is 0.346 e. The number of carbonyl (C=O) groups excluding carboxylic acids is 2. The topological polar surface area (TPSA) is 233 Å². The van der Waals surface area contributed by atoms with Crippen LogP contribution in [0.4, 0.5) is 49.7 Å². The van der Waals surface area contributed by atoms with E-state index in [2.05, 4.69) is 36.9 Å². The Hall–Kier alpha value is -5.63. The van der Waals surface area contributed by atoms with Gasteiger partial charge >= 0.3 is 20.2 Å². The Kier molecular flexibility index (Phi) is 14.8. The van der Waals surface area contributed by atoms with Gasteiger partial charge < -0.3 is 15.1 Å². The average molecular weight is 1130 g/mol. The fourth-order valence-electron chi connectivity index (χ4n) is 8.37.